The summed E-state index contributed by atoms with van der Waals surface area (Å²) in [6, 6.07) is 0. The highest BCUT2D eigenvalue weighted by Gasteiger charge is 2.28. The van der Waals surface area contributed by atoms with E-state index in [9.17, 15) is 14.4 Å². The molecule has 0 aromatic heterocycles. The van der Waals surface area contributed by atoms with Crippen molar-refractivity contribution in [2.45, 2.75) is 47.0 Å². The number of hydrogen-bond donors (Lipinski definition) is 1. The van der Waals surface area contributed by atoms with Crippen molar-refractivity contribution in [1.82, 2.24) is 4.90 Å². The summed E-state index contributed by atoms with van der Waals surface area (Å²) in [5.74, 6) is -0.912. The minimum atomic E-state index is -0.498. The van der Waals surface area contributed by atoms with E-state index in [-0.39, 0.29) is 37.6 Å². The van der Waals surface area contributed by atoms with Gasteiger partial charge >= 0.3 is 0 Å². The van der Waals surface area contributed by atoms with Crippen LogP contribution in [0.2, 0.25) is 0 Å². The highest BCUT2D eigenvalue weighted by Crippen LogP contribution is 2.11. The lowest BCUT2D eigenvalue weighted by atomic mass is 10.4. The third-order valence-electron chi connectivity index (χ3n) is 1.74. The number of imide groups is 1. The van der Waals surface area contributed by atoms with Crippen LogP contribution in [0.1, 0.15) is 47.0 Å². The van der Waals surface area contributed by atoms with Crippen molar-refractivity contribution in [2.24, 2.45) is 5.73 Å². The van der Waals surface area contributed by atoms with Gasteiger partial charge < -0.3 is 5.73 Å². The molecule has 0 atom stereocenters. The van der Waals surface area contributed by atoms with Gasteiger partial charge in [0, 0.05) is 25.8 Å². The monoisotopic (exact) mass is 230 g/mol. The van der Waals surface area contributed by atoms with Crippen LogP contribution < -0.4 is 5.73 Å². The fourth-order valence-corrected chi connectivity index (χ4v) is 1.09. The van der Waals surface area contributed by atoms with E-state index in [1.54, 1.807) is 0 Å². The van der Waals surface area contributed by atoms with Crippen LogP contribution in [-0.4, -0.2) is 29.2 Å². The molecule has 0 aliphatic carbocycles. The SMILES string of the molecule is CC.CC.NC(=O)CCN1C(=O)CCC1=O. The molecule has 0 spiro atoms. The van der Waals surface area contributed by atoms with Gasteiger partial charge in [-0.1, -0.05) is 27.7 Å². The molecule has 0 radical (unpaired) electrons. The first kappa shape index (κ1) is 17.0. The van der Waals surface area contributed by atoms with Crippen molar-refractivity contribution in [3.8, 4) is 0 Å². The molecule has 1 aliphatic heterocycles. The molecule has 1 rings (SSSR count). The van der Waals surface area contributed by atoms with E-state index in [1.807, 2.05) is 27.7 Å². The highest BCUT2D eigenvalue weighted by atomic mass is 16.2. The summed E-state index contributed by atoms with van der Waals surface area (Å²) in [6.45, 7) is 8.13. The zero-order chi connectivity index (χ0) is 13.1. The Hall–Kier alpha value is -1.39. The van der Waals surface area contributed by atoms with E-state index in [1.165, 1.54) is 0 Å². The largest absolute Gasteiger partial charge is 0.370 e. The Bertz CT molecular complexity index is 223. The van der Waals surface area contributed by atoms with E-state index < -0.39 is 5.91 Å². The first-order valence-corrected chi connectivity index (χ1v) is 5.73. The van der Waals surface area contributed by atoms with Gasteiger partial charge in [-0.2, -0.15) is 0 Å². The standard InChI is InChI=1S/C7H10N2O3.2C2H6/c8-5(10)3-4-9-6(11)1-2-7(9)12;2*1-2/h1-4H2,(H2,8,10);2*1-2H3. The Kier molecular flexibility index (Phi) is 10.8. The fraction of sp³-hybridized carbons (Fsp3) is 0.727. The van der Waals surface area contributed by atoms with Gasteiger partial charge in [0.15, 0.2) is 0 Å². The number of hydrogen-bond acceptors (Lipinski definition) is 3. The minimum absolute atomic E-state index is 0.0531. The number of rotatable bonds is 3. The normalized spacial score (nSPS) is 13.6. The molecule has 16 heavy (non-hydrogen) atoms. The molecule has 5 nitrogen and oxygen atoms in total. The van der Waals surface area contributed by atoms with Gasteiger partial charge in [0.05, 0.1) is 0 Å². The van der Waals surface area contributed by atoms with Crippen LogP contribution in [0.3, 0.4) is 0 Å². The Labute approximate surface area is 97.0 Å². The summed E-state index contributed by atoms with van der Waals surface area (Å²) >= 11 is 0. The van der Waals surface area contributed by atoms with Gasteiger partial charge in [-0.3, -0.25) is 19.3 Å². The van der Waals surface area contributed by atoms with Gasteiger partial charge in [-0.15, -0.1) is 0 Å². The third-order valence-corrected chi connectivity index (χ3v) is 1.74. The number of nitrogens with two attached hydrogens (primary N) is 1. The van der Waals surface area contributed by atoms with Crippen molar-refractivity contribution in [3.63, 3.8) is 0 Å². The number of carbonyl (C=O) groups is 3. The Balaban J connectivity index is 0. The van der Waals surface area contributed by atoms with Gasteiger partial charge in [0.1, 0.15) is 0 Å². The minimum Gasteiger partial charge on any atom is -0.370 e. The van der Waals surface area contributed by atoms with Crippen molar-refractivity contribution >= 4 is 17.7 Å². The zero-order valence-corrected chi connectivity index (χ0v) is 10.6. The smallest absolute Gasteiger partial charge is 0.229 e. The summed E-state index contributed by atoms with van der Waals surface area (Å²) in [6.07, 6.45) is 0.576. The Morgan fingerprint density at radius 2 is 1.50 bits per heavy atom. The van der Waals surface area contributed by atoms with Crippen LogP contribution in [0.15, 0.2) is 0 Å². The topological polar surface area (TPSA) is 80.5 Å². The predicted molar refractivity (Wildman–Crippen MR) is 62.5 cm³/mol. The molecule has 3 amide bonds. The molecule has 1 fully saturated rings. The van der Waals surface area contributed by atoms with Gasteiger partial charge in [-0.05, 0) is 0 Å². The zero-order valence-electron chi connectivity index (χ0n) is 10.6. The molecule has 0 bridgehead atoms. The molecule has 1 heterocycles. The maximum atomic E-state index is 11.0. The van der Waals surface area contributed by atoms with Crippen molar-refractivity contribution in [1.29, 1.82) is 0 Å². The van der Waals surface area contributed by atoms with Crippen LogP contribution in [0.25, 0.3) is 0 Å². The molecule has 0 aromatic carbocycles. The van der Waals surface area contributed by atoms with Crippen molar-refractivity contribution in [3.05, 3.63) is 0 Å². The molecule has 1 aliphatic rings. The number of carbonyl (C=O) groups excluding carboxylic acids is 3. The lowest BCUT2D eigenvalue weighted by molar-refractivity contribution is -0.138. The van der Waals surface area contributed by atoms with Gasteiger partial charge in [-0.25, -0.2) is 0 Å². The Morgan fingerprint density at radius 3 is 1.81 bits per heavy atom. The number of likely N-dealkylation sites (tertiary alicyclic amines) is 1. The summed E-state index contributed by atoms with van der Waals surface area (Å²) in [4.78, 5) is 33.3. The first-order valence-electron chi connectivity index (χ1n) is 5.73. The van der Waals surface area contributed by atoms with Crippen LogP contribution in [-0.2, 0) is 14.4 Å². The van der Waals surface area contributed by atoms with E-state index >= 15 is 0 Å². The van der Waals surface area contributed by atoms with Crippen LogP contribution >= 0.6 is 0 Å². The predicted octanol–water partition coefficient (Wildman–Crippen LogP) is 1.06. The summed E-state index contributed by atoms with van der Waals surface area (Å²) in [5, 5.41) is 0. The van der Waals surface area contributed by atoms with Crippen LogP contribution in [0, 0.1) is 0 Å². The molecule has 94 valence electrons. The van der Waals surface area contributed by atoms with E-state index in [4.69, 9.17) is 5.73 Å². The summed E-state index contributed by atoms with van der Waals surface area (Å²) < 4.78 is 0. The lowest BCUT2D eigenvalue weighted by Gasteiger charge is -2.11. The van der Waals surface area contributed by atoms with Crippen molar-refractivity contribution < 1.29 is 14.4 Å². The Morgan fingerprint density at radius 1 is 1.12 bits per heavy atom. The maximum Gasteiger partial charge on any atom is 0.229 e. The van der Waals surface area contributed by atoms with Crippen LogP contribution in [0.5, 0.6) is 0 Å². The fourth-order valence-electron chi connectivity index (χ4n) is 1.09. The quantitative estimate of drug-likeness (QED) is 0.736. The van der Waals surface area contributed by atoms with E-state index in [2.05, 4.69) is 0 Å². The number of nitrogens with zero attached hydrogens (tertiary/aromatic N) is 1. The lowest BCUT2D eigenvalue weighted by Crippen LogP contribution is -2.32. The second-order valence-electron chi connectivity index (χ2n) is 2.66. The molecule has 0 unspecified atom stereocenters. The molecule has 2 N–H and O–H groups in total. The molecular weight excluding hydrogens is 208 g/mol. The second-order valence-corrected chi connectivity index (χ2v) is 2.66. The van der Waals surface area contributed by atoms with E-state index in [0.29, 0.717) is 0 Å². The summed E-state index contributed by atoms with van der Waals surface area (Å²) in [5.41, 5.74) is 4.87. The molecule has 0 aromatic rings. The summed E-state index contributed by atoms with van der Waals surface area (Å²) in [7, 11) is 0. The number of amides is 3. The second kappa shape index (κ2) is 10.1. The molecular formula is C11H22N2O3. The molecule has 0 saturated carbocycles. The van der Waals surface area contributed by atoms with Gasteiger partial charge in [0.25, 0.3) is 0 Å². The average Bonchev–Trinajstić information content (AvgIpc) is 2.61. The van der Waals surface area contributed by atoms with Gasteiger partial charge in [0.2, 0.25) is 17.7 Å². The van der Waals surface area contributed by atoms with Crippen molar-refractivity contribution in [2.75, 3.05) is 6.54 Å². The molecule has 5 heteroatoms. The first-order chi connectivity index (χ1) is 7.61. The highest BCUT2D eigenvalue weighted by molar-refractivity contribution is 6.02. The number of primary amides is 1. The molecule has 1 saturated heterocycles. The van der Waals surface area contributed by atoms with E-state index in [0.717, 1.165) is 4.90 Å². The van der Waals surface area contributed by atoms with Crippen LogP contribution in [0.4, 0.5) is 0 Å². The average molecular weight is 230 g/mol. The maximum absolute atomic E-state index is 11.0. The third kappa shape index (κ3) is 6.16.